The van der Waals surface area contributed by atoms with Crippen molar-refractivity contribution in [1.82, 2.24) is 10.3 Å². The molecule has 0 saturated carbocycles. The third-order valence-electron chi connectivity index (χ3n) is 5.64. The molecule has 1 atom stereocenters. The summed E-state index contributed by atoms with van der Waals surface area (Å²) in [6, 6.07) is 22.2. The number of ether oxygens (including phenoxy) is 1. The second-order valence-electron chi connectivity index (χ2n) is 8.07. The highest BCUT2D eigenvalue weighted by molar-refractivity contribution is 7.98. The lowest BCUT2D eigenvalue weighted by Gasteiger charge is -2.17. The average molecular weight is 487 g/mol. The van der Waals surface area contributed by atoms with E-state index in [0.29, 0.717) is 30.1 Å². The number of nitrogens with zero attached hydrogens (tertiary/aromatic N) is 1. The molecule has 3 aromatic carbocycles. The smallest absolute Gasteiger partial charge is 0.326 e. The number of rotatable bonds is 10. The van der Waals surface area contributed by atoms with E-state index in [2.05, 4.69) is 10.3 Å². The Bertz CT molecular complexity index is 1330. The van der Waals surface area contributed by atoms with Crippen LogP contribution in [0.1, 0.15) is 22.3 Å². The molecule has 1 amide bonds. The molecule has 0 aliphatic heterocycles. The monoisotopic (exact) mass is 486 g/mol. The van der Waals surface area contributed by atoms with E-state index in [0.717, 1.165) is 27.5 Å². The summed E-state index contributed by atoms with van der Waals surface area (Å²) in [6.07, 6.45) is 5.59. The van der Waals surface area contributed by atoms with Gasteiger partial charge in [-0.05, 0) is 76.2 Å². The minimum atomic E-state index is -1.04. The summed E-state index contributed by atoms with van der Waals surface area (Å²) in [5, 5.41) is 14.4. The summed E-state index contributed by atoms with van der Waals surface area (Å²) in [7, 11) is 0. The lowest BCUT2D eigenvalue weighted by molar-refractivity contribution is -0.139. The summed E-state index contributed by atoms with van der Waals surface area (Å²) in [5.74, 6) is -0.165. The first-order chi connectivity index (χ1) is 17.0. The second-order valence-corrected chi connectivity index (χ2v) is 9.05. The quantitative estimate of drug-likeness (QED) is 0.311. The molecule has 1 heterocycles. The Morgan fingerprint density at radius 1 is 1.03 bits per heavy atom. The number of fused-ring (bicyclic) bond motifs is 1. The molecule has 0 radical (unpaired) electrons. The van der Waals surface area contributed by atoms with Crippen LogP contribution in [0, 0.1) is 0 Å². The number of aliphatic carboxylic acids is 1. The summed E-state index contributed by atoms with van der Waals surface area (Å²) in [5.41, 5.74) is 2.88. The van der Waals surface area contributed by atoms with Crippen molar-refractivity contribution in [2.45, 2.75) is 19.1 Å². The van der Waals surface area contributed by atoms with Crippen molar-refractivity contribution in [3.63, 3.8) is 0 Å². The first-order valence-corrected chi connectivity index (χ1v) is 12.6. The van der Waals surface area contributed by atoms with Crippen molar-refractivity contribution in [1.29, 1.82) is 0 Å². The molecule has 0 saturated heterocycles. The number of hydrogen-bond donors (Lipinski definition) is 2. The van der Waals surface area contributed by atoms with Crippen LogP contribution in [-0.4, -0.2) is 40.0 Å². The van der Waals surface area contributed by atoms with Crippen LogP contribution in [0.25, 0.3) is 21.9 Å². The van der Waals surface area contributed by atoms with Crippen LogP contribution < -0.4 is 10.1 Å². The fourth-order valence-corrected chi connectivity index (χ4v) is 4.27. The van der Waals surface area contributed by atoms with E-state index in [1.165, 1.54) is 0 Å². The van der Waals surface area contributed by atoms with Crippen LogP contribution in [0.3, 0.4) is 0 Å². The number of amides is 1. The van der Waals surface area contributed by atoms with Gasteiger partial charge < -0.3 is 15.2 Å². The number of hydrogen-bond acceptors (Lipinski definition) is 5. The van der Waals surface area contributed by atoms with Gasteiger partial charge in [-0.2, -0.15) is 11.8 Å². The lowest BCUT2D eigenvalue weighted by atomic mass is 9.94. The van der Waals surface area contributed by atoms with E-state index < -0.39 is 17.9 Å². The van der Waals surface area contributed by atoms with Crippen molar-refractivity contribution < 1.29 is 19.4 Å². The van der Waals surface area contributed by atoms with Gasteiger partial charge in [0.15, 0.2) is 0 Å². The van der Waals surface area contributed by atoms with Gasteiger partial charge in [0, 0.05) is 11.8 Å². The molecule has 2 N–H and O–H groups in total. The van der Waals surface area contributed by atoms with E-state index in [-0.39, 0.29) is 0 Å². The van der Waals surface area contributed by atoms with Crippen LogP contribution in [0.2, 0.25) is 0 Å². The number of carboxylic acid groups (broad SMARTS) is 1. The molecule has 1 aromatic heterocycles. The Labute approximate surface area is 208 Å². The molecule has 178 valence electrons. The van der Waals surface area contributed by atoms with Gasteiger partial charge in [-0.15, -0.1) is 0 Å². The molecule has 0 bridgehead atoms. The van der Waals surface area contributed by atoms with E-state index in [1.807, 2.05) is 66.9 Å². The SMILES string of the molecule is CSCCC(NC(=O)c1ccc(COc2cccnc2)cc1-c1ccc2ccccc2c1)C(=O)O. The Kier molecular flexibility index (Phi) is 8.00. The van der Waals surface area contributed by atoms with Gasteiger partial charge >= 0.3 is 5.97 Å². The van der Waals surface area contributed by atoms with Crippen LogP contribution in [0.4, 0.5) is 0 Å². The molecule has 7 heteroatoms. The molecule has 6 nitrogen and oxygen atoms in total. The second kappa shape index (κ2) is 11.5. The molecule has 0 spiro atoms. The van der Waals surface area contributed by atoms with Crippen molar-refractivity contribution in [2.24, 2.45) is 0 Å². The topological polar surface area (TPSA) is 88.5 Å². The maximum absolute atomic E-state index is 13.3. The van der Waals surface area contributed by atoms with Crippen LogP contribution in [-0.2, 0) is 11.4 Å². The van der Waals surface area contributed by atoms with Crippen LogP contribution in [0.5, 0.6) is 5.75 Å². The minimum Gasteiger partial charge on any atom is -0.487 e. The Hall–Kier alpha value is -3.84. The number of thioether (sulfide) groups is 1. The number of carboxylic acids is 1. The Balaban J connectivity index is 1.68. The van der Waals surface area contributed by atoms with Gasteiger partial charge in [0.05, 0.1) is 6.20 Å². The van der Waals surface area contributed by atoms with Gasteiger partial charge in [0.2, 0.25) is 0 Å². The van der Waals surface area contributed by atoms with Crippen LogP contribution >= 0.6 is 11.8 Å². The molecule has 35 heavy (non-hydrogen) atoms. The largest absolute Gasteiger partial charge is 0.487 e. The summed E-state index contributed by atoms with van der Waals surface area (Å²) < 4.78 is 5.85. The van der Waals surface area contributed by atoms with Crippen molar-refractivity contribution in [3.8, 4) is 16.9 Å². The van der Waals surface area contributed by atoms with Gasteiger partial charge in [-0.3, -0.25) is 9.78 Å². The molecule has 1 unspecified atom stereocenters. The Morgan fingerprint density at radius 3 is 2.60 bits per heavy atom. The van der Waals surface area contributed by atoms with Gasteiger partial charge in [-0.1, -0.05) is 42.5 Å². The van der Waals surface area contributed by atoms with E-state index in [4.69, 9.17) is 4.74 Å². The first-order valence-electron chi connectivity index (χ1n) is 11.2. The van der Waals surface area contributed by atoms with Gasteiger partial charge in [-0.25, -0.2) is 4.79 Å². The van der Waals surface area contributed by atoms with Crippen molar-refractivity contribution in [3.05, 3.63) is 96.3 Å². The zero-order chi connectivity index (χ0) is 24.6. The third kappa shape index (κ3) is 6.19. The number of aromatic nitrogens is 1. The average Bonchev–Trinajstić information content (AvgIpc) is 2.89. The summed E-state index contributed by atoms with van der Waals surface area (Å²) >= 11 is 1.54. The maximum Gasteiger partial charge on any atom is 0.326 e. The van der Waals surface area contributed by atoms with Crippen molar-refractivity contribution in [2.75, 3.05) is 12.0 Å². The molecule has 0 aliphatic carbocycles. The van der Waals surface area contributed by atoms with Gasteiger partial charge in [0.1, 0.15) is 18.4 Å². The number of pyridine rings is 1. The highest BCUT2D eigenvalue weighted by Crippen LogP contribution is 2.29. The zero-order valence-electron chi connectivity index (χ0n) is 19.3. The van der Waals surface area contributed by atoms with Crippen LogP contribution in [0.15, 0.2) is 85.2 Å². The molecular weight excluding hydrogens is 460 g/mol. The minimum absolute atomic E-state index is 0.305. The highest BCUT2D eigenvalue weighted by Gasteiger charge is 2.22. The fourth-order valence-electron chi connectivity index (χ4n) is 3.80. The van der Waals surface area contributed by atoms with E-state index in [9.17, 15) is 14.7 Å². The third-order valence-corrected chi connectivity index (χ3v) is 6.29. The fraction of sp³-hybridized carbons (Fsp3) is 0.179. The predicted octanol–water partition coefficient (Wildman–Crippen LogP) is 5.42. The van der Waals surface area contributed by atoms with Crippen molar-refractivity contribution >= 4 is 34.4 Å². The van der Waals surface area contributed by atoms with E-state index in [1.54, 1.807) is 36.3 Å². The molecule has 4 aromatic rings. The van der Waals surface area contributed by atoms with Gasteiger partial charge in [0.25, 0.3) is 5.91 Å². The number of carbonyl (C=O) groups excluding carboxylic acids is 1. The number of nitrogens with one attached hydrogen (secondary N) is 1. The highest BCUT2D eigenvalue weighted by atomic mass is 32.2. The normalized spacial score (nSPS) is 11.7. The number of carbonyl (C=O) groups is 2. The summed E-state index contributed by atoms with van der Waals surface area (Å²) in [4.78, 5) is 29.0. The van der Waals surface area contributed by atoms with E-state index >= 15 is 0 Å². The standard InChI is InChI=1S/C28H26N2O4S/c1-35-14-12-26(28(32)33)30-27(31)24-11-8-19(18-34-23-7-4-13-29-17-23)15-25(24)22-10-9-20-5-2-3-6-21(20)16-22/h2-11,13,15-17,26H,12,14,18H2,1H3,(H,30,31)(H,32,33). The number of benzene rings is 3. The molecule has 0 fully saturated rings. The Morgan fingerprint density at radius 2 is 1.86 bits per heavy atom. The first kappa shape index (κ1) is 24.3. The zero-order valence-corrected chi connectivity index (χ0v) is 20.1. The molecule has 0 aliphatic rings. The molecular formula is C28H26N2O4S. The lowest BCUT2D eigenvalue weighted by Crippen LogP contribution is -2.41. The molecule has 4 rings (SSSR count). The predicted molar refractivity (Wildman–Crippen MR) is 140 cm³/mol. The maximum atomic E-state index is 13.3. The summed E-state index contributed by atoms with van der Waals surface area (Å²) in [6.45, 7) is 0.305.